The van der Waals surface area contributed by atoms with Crippen LogP contribution >= 0.6 is 0 Å². The molecule has 1 aliphatic rings. The molecule has 0 spiro atoms. The summed E-state index contributed by atoms with van der Waals surface area (Å²) in [5.41, 5.74) is 0.636. The average Bonchev–Trinajstić information content (AvgIpc) is 3.07. The zero-order valence-electron chi connectivity index (χ0n) is 18.5. The molecule has 1 unspecified atom stereocenters. The third kappa shape index (κ3) is 5.20. The summed E-state index contributed by atoms with van der Waals surface area (Å²) >= 11 is 0. The predicted octanol–water partition coefficient (Wildman–Crippen LogP) is 3.84. The smallest absolute Gasteiger partial charge is 0.295 e. The number of Topliss-reactive ketones (excluding diaryl/α,β-unsaturated/α-hetero) is 1. The Kier molecular flexibility index (Phi) is 7.78. The van der Waals surface area contributed by atoms with Crippen LogP contribution in [0.1, 0.15) is 36.9 Å². The van der Waals surface area contributed by atoms with Gasteiger partial charge in [-0.15, -0.1) is 0 Å². The van der Waals surface area contributed by atoms with Crippen molar-refractivity contribution >= 4 is 23.1 Å². The molecule has 0 radical (unpaired) electrons. The van der Waals surface area contributed by atoms with E-state index in [-0.39, 0.29) is 23.6 Å². The zero-order valence-corrected chi connectivity index (χ0v) is 18.5. The SMILES string of the molecule is CCCOc1cccc(C(O)=C2C(=O)C(=O)N(CCCOC)C2c2ccc([N+](=O)[O-])cc2)c1. The molecule has 1 amide bonds. The Morgan fingerprint density at radius 1 is 1.15 bits per heavy atom. The third-order valence-electron chi connectivity index (χ3n) is 5.29. The molecule has 9 nitrogen and oxygen atoms in total. The van der Waals surface area contributed by atoms with Crippen molar-refractivity contribution in [1.29, 1.82) is 0 Å². The van der Waals surface area contributed by atoms with Crippen molar-refractivity contribution < 1.29 is 29.1 Å². The topological polar surface area (TPSA) is 119 Å². The first-order valence-electron chi connectivity index (χ1n) is 10.6. The number of aliphatic hydroxyl groups excluding tert-OH is 1. The largest absolute Gasteiger partial charge is 0.507 e. The number of carbonyl (C=O) groups is 2. The summed E-state index contributed by atoms with van der Waals surface area (Å²) in [6, 6.07) is 11.4. The number of carbonyl (C=O) groups excluding carboxylic acids is 2. The van der Waals surface area contributed by atoms with Gasteiger partial charge < -0.3 is 19.5 Å². The first kappa shape index (κ1) is 23.9. The Hall–Kier alpha value is -3.72. The number of hydrogen-bond acceptors (Lipinski definition) is 7. The highest BCUT2D eigenvalue weighted by molar-refractivity contribution is 6.46. The van der Waals surface area contributed by atoms with E-state index in [4.69, 9.17) is 9.47 Å². The normalized spacial score (nSPS) is 17.4. The van der Waals surface area contributed by atoms with E-state index in [1.54, 1.807) is 24.3 Å². The Bertz CT molecular complexity index is 1060. The maximum atomic E-state index is 13.0. The Morgan fingerprint density at radius 3 is 2.52 bits per heavy atom. The molecule has 0 aromatic heterocycles. The van der Waals surface area contributed by atoms with Crippen LogP contribution in [-0.4, -0.2) is 53.5 Å². The summed E-state index contributed by atoms with van der Waals surface area (Å²) in [6.45, 7) is 3.07. The molecule has 3 rings (SSSR count). The number of hydrogen-bond donors (Lipinski definition) is 1. The summed E-state index contributed by atoms with van der Waals surface area (Å²) in [5.74, 6) is -1.35. The standard InChI is InChI=1S/C24H26N2O7/c1-3-13-33-19-7-4-6-17(15-19)22(27)20-21(16-8-10-18(11-9-16)26(30)31)25(12-5-14-32-2)24(29)23(20)28/h4,6-11,15,21,27H,3,5,12-14H2,1-2H3. The fraction of sp³-hybridized carbons (Fsp3) is 0.333. The molecule has 1 atom stereocenters. The summed E-state index contributed by atoms with van der Waals surface area (Å²) in [7, 11) is 1.54. The second kappa shape index (κ2) is 10.7. The minimum Gasteiger partial charge on any atom is -0.507 e. The van der Waals surface area contributed by atoms with E-state index in [0.717, 1.165) is 6.42 Å². The lowest BCUT2D eigenvalue weighted by atomic mass is 9.95. The number of ether oxygens (including phenoxy) is 2. The van der Waals surface area contributed by atoms with E-state index in [0.29, 0.717) is 36.5 Å². The van der Waals surface area contributed by atoms with Crippen molar-refractivity contribution in [2.75, 3.05) is 26.9 Å². The number of ketones is 1. The van der Waals surface area contributed by atoms with Crippen LogP contribution in [0.4, 0.5) is 5.69 Å². The molecular formula is C24H26N2O7. The second-order valence-corrected chi connectivity index (χ2v) is 7.56. The fourth-order valence-corrected chi connectivity index (χ4v) is 3.72. The molecular weight excluding hydrogens is 428 g/mol. The summed E-state index contributed by atoms with van der Waals surface area (Å²) < 4.78 is 10.7. The number of rotatable bonds is 10. The van der Waals surface area contributed by atoms with Gasteiger partial charge in [0.2, 0.25) is 0 Å². The number of nitrogens with zero attached hydrogens (tertiary/aromatic N) is 2. The quantitative estimate of drug-likeness (QED) is 0.145. The number of amides is 1. The Labute approximate surface area is 191 Å². The summed E-state index contributed by atoms with van der Waals surface area (Å²) in [5, 5.41) is 22.2. The monoisotopic (exact) mass is 454 g/mol. The molecule has 33 heavy (non-hydrogen) atoms. The van der Waals surface area contributed by atoms with Gasteiger partial charge in [-0.05, 0) is 42.7 Å². The predicted molar refractivity (Wildman–Crippen MR) is 121 cm³/mol. The minimum atomic E-state index is -0.886. The molecule has 1 heterocycles. The first-order chi connectivity index (χ1) is 15.9. The van der Waals surface area contributed by atoms with Crippen molar-refractivity contribution in [3.8, 4) is 5.75 Å². The van der Waals surface area contributed by atoms with E-state index in [2.05, 4.69) is 0 Å². The molecule has 2 aromatic carbocycles. The van der Waals surface area contributed by atoms with Crippen molar-refractivity contribution in [3.05, 3.63) is 75.3 Å². The van der Waals surface area contributed by atoms with Crippen LogP contribution in [0.5, 0.6) is 5.75 Å². The van der Waals surface area contributed by atoms with Gasteiger partial charge in [0, 0.05) is 38.0 Å². The minimum absolute atomic E-state index is 0.0705. The van der Waals surface area contributed by atoms with Crippen molar-refractivity contribution in [3.63, 3.8) is 0 Å². The highest BCUT2D eigenvalue weighted by Gasteiger charge is 2.45. The molecule has 9 heteroatoms. The molecule has 0 bridgehead atoms. The van der Waals surface area contributed by atoms with Gasteiger partial charge in [-0.25, -0.2) is 0 Å². The Morgan fingerprint density at radius 2 is 1.88 bits per heavy atom. The number of non-ortho nitro benzene ring substituents is 1. The molecule has 0 aliphatic carbocycles. The van der Waals surface area contributed by atoms with Gasteiger partial charge in [0.15, 0.2) is 0 Å². The number of nitro benzene ring substituents is 1. The molecule has 1 aliphatic heterocycles. The van der Waals surface area contributed by atoms with Gasteiger partial charge in [-0.1, -0.05) is 19.1 Å². The van der Waals surface area contributed by atoms with E-state index in [9.17, 15) is 24.8 Å². The second-order valence-electron chi connectivity index (χ2n) is 7.56. The highest BCUT2D eigenvalue weighted by Crippen LogP contribution is 2.40. The number of likely N-dealkylation sites (tertiary alicyclic amines) is 1. The average molecular weight is 454 g/mol. The summed E-state index contributed by atoms with van der Waals surface area (Å²) in [6.07, 6.45) is 1.29. The van der Waals surface area contributed by atoms with Gasteiger partial charge in [0.05, 0.1) is 23.1 Å². The molecule has 0 saturated carbocycles. The number of aliphatic hydroxyl groups is 1. The van der Waals surface area contributed by atoms with E-state index in [1.807, 2.05) is 6.92 Å². The Balaban J connectivity index is 2.08. The number of methoxy groups -OCH3 is 1. The van der Waals surface area contributed by atoms with Crippen LogP contribution in [-0.2, 0) is 14.3 Å². The fourth-order valence-electron chi connectivity index (χ4n) is 3.72. The van der Waals surface area contributed by atoms with Crippen LogP contribution in [0.2, 0.25) is 0 Å². The van der Waals surface area contributed by atoms with Gasteiger partial charge in [-0.3, -0.25) is 19.7 Å². The lowest BCUT2D eigenvalue weighted by Gasteiger charge is -2.25. The maximum Gasteiger partial charge on any atom is 0.295 e. The lowest BCUT2D eigenvalue weighted by Crippen LogP contribution is -2.31. The summed E-state index contributed by atoms with van der Waals surface area (Å²) in [4.78, 5) is 37.8. The lowest BCUT2D eigenvalue weighted by molar-refractivity contribution is -0.384. The molecule has 1 saturated heterocycles. The van der Waals surface area contributed by atoms with Gasteiger partial charge in [0.1, 0.15) is 11.5 Å². The van der Waals surface area contributed by atoms with Crippen molar-refractivity contribution in [2.24, 2.45) is 0 Å². The zero-order chi connectivity index (χ0) is 24.0. The molecule has 174 valence electrons. The number of nitro groups is 1. The maximum absolute atomic E-state index is 13.0. The van der Waals surface area contributed by atoms with Gasteiger partial charge in [-0.2, -0.15) is 0 Å². The highest BCUT2D eigenvalue weighted by atomic mass is 16.6. The van der Waals surface area contributed by atoms with E-state index in [1.165, 1.54) is 36.3 Å². The third-order valence-corrected chi connectivity index (χ3v) is 5.29. The first-order valence-corrected chi connectivity index (χ1v) is 10.6. The van der Waals surface area contributed by atoms with Crippen LogP contribution < -0.4 is 4.74 Å². The molecule has 1 N–H and O–H groups in total. The van der Waals surface area contributed by atoms with Crippen molar-refractivity contribution in [1.82, 2.24) is 4.90 Å². The molecule has 2 aromatic rings. The van der Waals surface area contributed by atoms with Gasteiger partial charge >= 0.3 is 0 Å². The van der Waals surface area contributed by atoms with Gasteiger partial charge in [0.25, 0.3) is 17.4 Å². The van der Waals surface area contributed by atoms with Crippen LogP contribution in [0.3, 0.4) is 0 Å². The van der Waals surface area contributed by atoms with E-state index < -0.39 is 22.7 Å². The van der Waals surface area contributed by atoms with Crippen LogP contribution in [0.15, 0.2) is 54.1 Å². The van der Waals surface area contributed by atoms with E-state index >= 15 is 0 Å². The van der Waals surface area contributed by atoms with Crippen LogP contribution in [0, 0.1) is 10.1 Å². The molecule has 1 fully saturated rings. The number of benzene rings is 2. The van der Waals surface area contributed by atoms with Crippen molar-refractivity contribution in [2.45, 2.75) is 25.8 Å². The van der Waals surface area contributed by atoms with Crippen LogP contribution in [0.25, 0.3) is 5.76 Å².